The lowest BCUT2D eigenvalue weighted by atomic mass is 10.0. The molecule has 2 heterocycles. The number of nitrogens with zero attached hydrogens (tertiary/aromatic N) is 3. The van der Waals surface area contributed by atoms with Crippen LogP contribution >= 0.6 is 0 Å². The summed E-state index contributed by atoms with van der Waals surface area (Å²) in [5.41, 5.74) is 3.70. The minimum absolute atomic E-state index is 0.665. The molecule has 2 aliphatic rings. The molecule has 116 valence electrons. The number of methoxy groups -OCH3 is 1. The number of hydrogen-bond donors (Lipinski definition) is 0. The van der Waals surface area contributed by atoms with Crippen LogP contribution < -0.4 is 9.64 Å². The second-order valence-corrected chi connectivity index (χ2v) is 6.55. The van der Waals surface area contributed by atoms with Crippen molar-refractivity contribution in [1.82, 2.24) is 9.88 Å². The van der Waals surface area contributed by atoms with Gasteiger partial charge in [-0.25, -0.2) is 0 Å². The number of hydrogen-bond acceptors (Lipinski definition) is 4. The number of aromatic nitrogens is 1. The molecule has 1 fully saturated rings. The minimum Gasteiger partial charge on any atom is -0.494 e. The van der Waals surface area contributed by atoms with Gasteiger partial charge in [-0.3, -0.25) is 9.88 Å². The summed E-state index contributed by atoms with van der Waals surface area (Å²) < 4.78 is 5.51. The largest absolute Gasteiger partial charge is 0.494 e. The van der Waals surface area contributed by atoms with Crippen molar-refractivity contribution < 1.29 is 4.74 Å². The van der Waals surface area contributed by atoms with E-state index in [1.165, 1.54) is 42.3 Å². The number of pyridine rings is 1. The Labute approximate surface area is 131 Å². The highest BCUT2D eigenvalue weighted by atomic mass is 16.5. The highest BCUT2D eigenvalue weighted by molar-refractivity contribution is 5.97. The summed E-state index contributed by atoms with van der Waals surface area (Å²) in [7, 11) is 3.92. The molecule has 0 unspecified atom stereocenters. The molecule has 1 saturated carbocycles. The van der Waals surface area contributed by atoms with Crippen molar-refractivity contribution in [3.8, 4) is 5.75 Å². The third-order valence-electron chi connectivity index (χ3n) is 5.01. The molecule has 0 radical (unpaired) electrons. The number of benzene rings is 1. The van der Waals surface area contributed by atoms with Crippen LogP contribution in [0.5, 0.6) is 5.75 Å². The fourth-order valence-corrected chi connectivity index (χ4v) is 4.03. The minimum atomic E-state index is 0.665. The number of para-hydroxylation sites is 1. The quantitative estimate of drug-likeness (QED) is 0.849. The summed E-state index contributed by atoms with van der Waals surface area (Å²) in [5, 5.41) is 1.23. The molecular formula is C18H23N3O. The summed E-state index contributed by atoms with van der Waals surface area (Å²) in [4.78, 5) is 9.67. The zero-order valence-corrected chi connectivity index (χ0v) is 13.4. The van der Waals surface area contributed by atoms with Gasteiger partial charge in [-0.2, -0.15) is 0 Å². The van der Waals surface area contributed by atoms with Gasteiger partial charge in [-0.05, 0) is 26.0 Å². The zero-order valence-electron chi connectivity index (χ0n) is 13.4. The van der Waals surface area contributed by atoms with Crippen LogP contribution in [-0.2, 0) is 6.54 Å². The first kappa shape index (κ1) is 13.8. The molecule has 0 amide bonds. The predicted molar refractivity (Wildman–Crippen MR) is 89.4 cm³/mol. The second-order valence-electron chi connectivity index (χ2n) is 6.55. The van der Waals surface area contributed by atoms with Crippen LogP contribution in [-0.4, -0.2) is 36.8 Å². The summed E-state index contributed by atoms with van der Waals surface area (Å²) >= 11 is 0. The fourth-order valence-electron chi connectivity index (χ4n) is 4.03. The molecule has 0 bridgehead atoms. The van der Waals surface area contributed by atoms with Gasteiger partial charge in [0.2, 0.25) is 0 Å². The summed E-state index contributed by atoms with van der Waals surface area (Å²) in [6, 6.07) is 6.93. The molecule has 22 heavy (non-hydrogen) atoms. The Hall–Kier alpha value is -1.81. The lowest BCUT2D eigenvalue weighted by Gasteiger charge is -2.41. The van der Waals surface area contributed by atoms with E-state index in [2.05, 4.69) is 34.0 Å². The van der Waals surface area contributed by atoms with Gasteiger partial charge in [0.1, 0.15) is 11.3 Å². The van der Waals surface area contributed by atoms with Crippen molar-refractivity contribution >= 4 is 16.6 Å². The average Bonchev–Trinajstić information content (AvgIpc) is 3.07. The van der Waals surface area contributed by atoms with Gasteiger partial charge in [0.05, 0.1) is 19.5 Å². The maximum atomic E-state index is 5.51. The van der Waals surface area contributed by atoms with Gasteiger partial charge in [0, 0.05) is 29.7 Å². The monoisotopic (exact) mass is 297 g/mol. The van der Waals surface area contributed by atoms with Gasteiger partial charge in [-0.1, -0.05) is 25.0 Å². The van der Waals surface area contributed by atoms with E-state index in [1.807, 2.05) is 12.3 Å². The first-order chi connectivity index (χ1) is 10.8. The van der Waals surface area contributed by atoms with E-state index < -0.39 is 0 Å². The molecular weight excluding hydrogens is 274 g/mol. The summed E-state index contributed by atoms with van der Waals surface area (Å²) in [5.74, 6) is 0.866. The van der Waals surface area contributed by atoms with E-state index >= 15 is 0 Å². The molecule has 1 aromatic heterocycles. The van der Waals surface area contributed by atoms with Crippen LogP contribution in [0.4, 0.5) is 5.69 Å². The number of ether oxygens (including phenoxy) is 1. The predicted octanol–water partition coefficient (Wildman–Crippen LogP) is 3.40. The molecule has 1 aromatic carbocycles. The van der Waals surface area contributed by atoms with Gasteiger partial charge in [0.25, 0.3) is 0 Å². The van der Waals surface area contributed by atoms with Crippen molar-refractivity contribution in [3.63, 3.8) is 0 Å². The molecule has 0 saturated heterocycles. The van der Waals surface area contributed by atoms with E-state index in [4.69, 9.17) is 4.74 Å². The number of anilines is 1. The van der Waals surface area contributed by atoms with Gasteiger partial charge in [-0.15, -0.1) is 0 Å². The van der Waals surface area contributed by atoms with Gasteiger partial charge < -0.3 is 9.64 Å². The van der Waals surface area contributed by atoms with E-state index in [0.29, 0.717) is 6.04 Å². The van der Waals surface area contributed by atoms with Crippen LogP contribution in [0.3, 0.4) is 0 Å². The molecule has 0 atom stereocenters. The van der Waals surface area contributed by atoms with Crippen LogP contribution in [0.2, 0.25) is 0 Å². The Morgan fingerprint density at radius 3 is 2.82 bits per heavy atom. The number of rotatable bonds is 2. The van der Waals surface area contributed by atoms with E-state index in [1.54, 1.807) is 7.11 Å². The molecule has 1 aliphatic carbocycles. The molecule has 1 aliphatic heterocycles. The van der Waals surface area contributed by atoms with Crippen LogP contribution in [0.1, 0.15) is 31.2 Å². The van der Waals surface area contributed by atoms with E-state index in [9.17, 15) is 0 Å². The van der Waals surface area contributed by atoms with Gasteiger partial charge in [0.15, 0.2) is 0 Å². The van der Waals surface area contributed by atoms with Crippen molar-refractivity contribution in [1.29, 1.82) is 0 Å². The maximum Gasteiger partial charge on any atom is 0.145 e. The third-order valence-corrected chi connectivity index (χ3v) is 5.01. The normalized spacial score (nSPS) is 19.6. The average molecular weight is 297 g/mol. The summed E-state index contributed by atoms with van der Waals surface area (Å²) in [6.07, 6.45) is 7.36. The zero-order chi connectivity index (χ0) is 15.1. The number of fused-ring (bicyclic) bond motifs is 3. The highest BCUT2D eigenvalue weighted by Crippen LogP contribution is 2.40. The summed E-state index contributed by atoms with van der Waals surface area (Å²) in [6.45, 7) is 1.98. The molecule has 0 spiro atoms. The molecule has 2 aromatic rings. The molecule has 4 nitrogen and oxygen atoms in total. The van der Waals surface area contributed by atoms with Crippen LogP contribution in [0, 0.1) is 0 Å². The van der Waals surface area contributed by atoms with Crippen molar-refractivity contribution in [2.75, 3.05) is 25.7 Å². The van der Waals surface area contributed by atoms with Crippen molar-refractivity contribution in [2.24, 2.45) is 0 Å². The topological polar surface area (TPSA) is 28.6 Å². The van der Waals surface area contributed by atoms with Crippen molar-refractivity contribution in [3.05, 3.63) is 30.0 Å². The molecule has 4 heteroatoms. The maximum absolute atomic E-state index is 5.51. The fraction of sp³-hybridized carbons (Fsp3) is 0.500. The smallest absolute Gasteiger partial charge is 0.145 e. The Morgan fingerprint density at radius 2 is 2.05 bits per heavy atom. The SMILES string of the molecule is COc1cccc2c3c(cnc12)CN(C)CN3C1CCCC1. The first-order valence-electron chi connectivity index (χ1n) is 8.17. The lowest BCUT2D eigenvalue weighted by molar-refractivity contribution is 0.295. The molecule has 0 N–H and O–H groups in total. The second kappa shape index (κ2) is 5.43. The molecule has 4 rings (SSSR count). The van der Waals surface area contributed by atoms with E-state index in [-0.39, 0.29) is 0 Å². The van der Waals surface area contributed by atoms with E-state index in [0.717, 1.165) is 24.5 Å². The first-order valence-corrected chi connectivity index (χ1v) is 8.17. The van der Waals surface area contributed by atoms with Gasteiger partial charge >= 0.3 is 0 Å². The Kier molecular flexibility index (Phi) is 3.41. The highest BCUT2D eigenvalue weighted by Gasteiger charge is 2.30. The lowest BCUT2D eigenvalue weighted by Crippen LogP contribution is -2.45. The van der Waals surface area contributed by atoms with Crippen LogP contribution in [0.25, 0.3) is 10.9 Å². The van der Waals surface area contributed by atoms with Crippen molar-refractivity contribution in [2.45, 2.75) is 38.3 Å². The Balaban J connectivity index is 1.91. The Bertz CT molecular complexity index is 694. The standard InChI is InChI=1S/C18H23N3O/c1-20-11-13-10-19-17-15(8-5-9-16(17)22-2)18(13)21(12-20)14-6-3-4-7-14/h5,8-10,14H,3-4,6-7,11-12H2,1-2H3. The van der Waals surface area contributed by atoms with Crippen LogP contribution in [0.15, 0.2) is 24.4 Å². The Morgan fingerprint density at radius 1 is 1.23 bits per heavy atom. The third kappa shape index (κ3) is 2.13.